The second-order valence-corrected chi connectivity index (χ2v) is 5.41. The van der Waals surface area contributed by atoms with Gasteiger partial charge in [0.15, 0.2) is 11.5 Å². The number of rotatable bonds is 6. The fraction of sp³-hybridized carbons (Fsp3) is 0.400. The lowest BCUT2D eigenvalue weighted by atomic mass is 10.0. The number of likely N-dealkylation sites (N-methyl/N-ethyl adjacent to an activating group) is 1. The maximum absolute atomic E-state index is 12.2. The van der Waals surface area contributed by atoms with Crippen molar-refractivity contribution < 1.29 is 14.0 Å². The van der Waals surface area contributed by atoms with Crippen molar-refractivity contribution in [1.82, 2.24) is 20.8 Å². The van der Waals surface area contributed by atoms with Crippen LogP contribution in [-0.2, 0) is 4.79 Å². The number of carbonyl (C=O) groups excluding carboxylic acids is 2. The fourth-order valence-corrected chi connectivity index (χ4v) is 2.11. The highest BCUT2D eigenvalue weighted by Gasteiger charge is 2.23. The predicted octanol–water partition coefficient (Wildman–Crippen LogP) is 1.56. The number of furan rings is 1. The first-order valence-electron chi connectivity index (χ1n) is 7.13. The zero-order chi connectivity index (χ0) is 16.1. The van der Waals surface area contributed by atoms with E-state index in [9.17, 15) is 9.59 Å². The topological polar surface area (TPSA) is 100 Å². The van der Waals surface area contributed by atoms with E-state index in [0.717, 1.165) is 0 Å². The molecule has 0 saturated carbocycles. The summed E-state index contributed by atoms with van der Waals surface area (Å²) in [4.78, 5) is 24.1. The lowest BCUT2D eigenvalue weighted by Crippen LogP contribution is -2.46. The second kappa shape index (κ2) is 6.93. The van der Waals surface area contributed by atoms with Crippen LogP contribution >= 0.6 is 0 Å². The largest absolute Gasteiger partial charge is 0.463 e. The number of hydrogen-bond donors (Lipinski definition) is 3. The van der Waals surface area contributed by atoms with Gasteiger partial charge in [-0.2, -0.15) is 5.10 Å². The molecule has 1 atom stereocenters. The van der Waals surface area contributed by atoms with E-state index < -0.39 is 11.9 Å². The SMILES string of the molecule is CNC(=O)C(CC(C)C)NC(=O)c1cc(-c2ccco2)[nH]n1. The number of H-pyrrole nitrogens is 1. The summed E-state index contributed by atoms with van der Waals surface area (Å²) in [5, 5.41) is 12.0. The molecule has 7 heteroatoms. The van der Waals surface area contributed by atoms with Crippen molar-refractivity contribution in [3.63, 3.8) is 0 Å². The Hall–Kier alpha value is -2.57. The van der Waals surface area contributed by atoms with Crippen molar-refractivity contribution in [2.45, 2.75) is 26.3 Å². The van der Waals surface area contributed by atoms with Crippen LogP contribution in [0.5, 0.6) is 0 Å². The average Bonchev–Trinajstić information content (AvgIpc) is 3.15. The van der Waals surface area contributed by atoms with E-state index in [1.807, 2.05) is 13.8 Å². The Kier molecular flexibility index (Phi) is 4.98. The number of carbonyl (C=O) groups is 2. The average molecular weight is 304 g/mol. The molecule has 0 saturated heterocycles. The van der Waals surface area contributed by atoms with Crippen LogP contribution in [0.3, 0.4) is 0 Å². The van der Waals surface area contributed by atoms with E-state index >= 15 is 0 Å². The fourth-order valence-electron chi connectivity index (χ4n) is 2.11. The van der Waals surface area contributed by atoms with Crippen molar-refractivity contribution in [1.29, 1.82) is 0 Å². The van der Waals surface area contributed by atoms with Crippen LogP contribution in [0.4, 0.5) is 0 Å². The van der Waals surface area contributed by atoms with Crippen LogP contribution in [0.15, 0.2) is 28.9 Å². The molecule has 0 fully saturated rings. The molecule has 0 radical (unpaired) electrons. The molecule has 0 spiro atoms. The Balaban J connectivity index is 2.08. The van der Waals surface area contributed by atoms with Crippen molar-refractivity contribution >= 4 is 11.8 Å². The highest BCUT2D eigenvalue weighted by molar-refractivity contribution is 5.96. The van der Waals surface area contributed by atoms with Crippen LogP contribution in [0.2, 0.25) is 0 Å². The van der Waals surface area contributed by atoms with Gasteiger partial charge in [0.1, 0.15) is 11.7 Å². The molecule has 2 amide bonds. The van der Waals surface area contributed by atoms with Gasteiger partial charge < -0.3 is 15.1 Å². The summed E-state index contributed by atoms with van der Waals surface area (Å²) in [6.07, 6.45) is 2.10. The summed E-state index contributed by atoms with van der Waals surface area (Å²) in [5.41, 5.74) is 0.819. The second-order valence-electron chi connectivity index (χ2n) is 5.41. The first-order valence-corrected chi connectivity index (χ1v) is 7.13. The van der Waals surface area contributed by atoms with E-state index in [4.69, 9.17) is 4.42 Å². The van der Waals surface area contributed by atoms with E-state index in [2.05, 4.69) is 20.8 Å². The van der Waals surface area contributed by atoms with Gasteiger partial charge in [0.05, 0.1) is 6.26 Å². The van der Waals surface area contributed by atoms with Crippen molar-refractivity contribution in [2.24, 2.45) is 5.92 Å². The Morgan fingerprint density at radius 1 is 1.41 bits per heavy atom. The molecular weight excluding hydrogens is 284 g/mol. The molecule has 2 heterocycles. The molecule has 7 nitrogen and oxygen atoms in total. The summed E-state index contributed by atoms with van der Waals surface area (Å²) in [5.74, 6) is 0.254. The lowest BCUT2D eigenvalue weighted by molar-refractivity contribution is -0.122. The first kappa shape index (κ1) is 15.8. The molecule has 0 aliphatic heterocycles. The van der Waals surface area contributed by atoms with Gasteiger partial charge in [-0.15, -0.1) is 0 Å². The van der Waals surface area contributed by atoms with Gasteiger partial charge in [-0.05, 0) is 24.5 Å². The Bertz CT molecular complexity index is 631. The summed E-state index contributed by atoms with van der Waals surface area (Å²) < 4.78 is 5.23. The quantitative estimate of drug-likeness (QED) is 0.754. The van der Waals surface area contributed by atoms with Gasteiger partial charge in [0.25, 0.3) is 5.91 Å². The molecule has 0 aliphatic carbocycles. The minimum Gasteiger partial charge on any atom is -0.463 e. The van der Waals surface area contributed by atoms with E-state index in [1.54, 1.807) is 31.5 Å². The number of aromatic nitrogens is 2. The van der Waals surface area contributed by atoms with Gasteiger partial charge in [-0.1, -0.05) is 13.8 Å². The molecular formula is C15H20N4O3. The summed E-state index contributed by atoms with van der Waals surface area (Å²) in [7, 11) is 1.55. The molecule has 1 unspecified atom stereocenters. The summed E-state index contributed by atoms with van der Waals surface area (Å²) in [6, 6.07) is 4.52. The maximum atomic E-state index is 12.2. The smallest absolute Gasteiger partial charge is 0.272 e. The molecule has 2 aromatic rings. The normalized spacial score (nSPS) is 12.2. The van der Waals surface area contributed by atoms with Gasteiger partial charge in [-0.25, -0.2) is 0 Å². The van der Waals surface area contributed by atoms with Crippen LogP contribution < -0.4 is 10.6 Å². The van der Waals surface area contributed by atoms with Gasteiger partial charge >= 0.3 is 0 Å². The Morgan fingerprint density at radius 3 is 2.77 bits per heavy atom. The van der Waals surface area contributed by atoms with E-state index in [1.165, 1.54) is 0 Å². The first-order chi connectivity index (χ1) is 10.5. The third-order valence-electron chi connectivity index (χ3n) is 3.17. The van der Waals surface area contributed by atoms with Gasteiger partial charge in [-0.3, -0.25) is 14.7 Å². The molecule has 0 bridgehead atoms. The minimum atomic E-state index is -0.582. The highest BCUT2D eigenvalue weighted by Crippen LogP contribution is 2.17. The van der Waals surface area contributed by atoms with Crippen LogP contribution in [0.1, 0.15) is 30.8 Å². The van der Waals surface area contributed by atoms with E-state index in [-0.39, 0.29) is 17.5 Å². The minimum absolute atomic E-state index is 0.212. The third-order valence-corrected chi connectivity index (χ3v) is 3.17. The zero-order valence-electron chi connectivity index (χ0n) is 12.8. The molecule has 22 heavy (non-hydrogen) atoms. The summed E-state index contributed by atoms with van der Waals surface area (Å²) >= 11 is 0. The maximum Gasteiger partial charge on any atom is 0.272 e. The molecule has 0 aromatic carbocycles. The number of nitrogens with zero attached hydrogens (tertiary/aromatic N) is 1. The van der Waals surface area contributed by atoms with E-state index in [0.29, 0.717) is 17.9 Å². The zero-order valence-corrected chi connectivity index (χ0v) is 12.8. The number of nitrogens with one attached hydrogen (secondary N) is 3. The van der Waals surface area contributed by atoms with Crippen LogP contribution in [0.25, 0.3) is 11.5 Å². The predicted molar refractivity (Wildman–Crippen MR) is 81.1 cm³/mol. The van der Waals surface area contributed by atoms with Crippen molar-refractivity contribution in [3.8, 4) is 11.5 Å². The number of amides is 2. The highest BCUT2D eigenvalue weighted by atomic mass is 16.3. The van der Waals surface area contributed by atoms with Gasteiger partial charge in [0, 0.05) is 13.1 Å². The molecule has 2 aromatic heterocycles. The number of aromatic amines is 1. The summed E-state index contributed by atoms with van der Waals surface area (Å²) in [6.45, 7) is 3.98. The monoisotopic (exact) mass is 304 g/mol. The van der Waals surface area contributed by atoms with Crippen molar-refractivity contribution in [3.05, 3.63) is 30.2 Å². The molecule has 0 aliphatic rings. The van der Waals surface area contributed by atoms with Crippen LogP contribution in [0, 0.1) is 5.92 Å². The Labute approximate surface area is 128 Å². The van der Waals surface area contributed by atoms with Crippen molar-refractivity contribution in [2.75, 3.05) is 7.05 Å². The molecule has 118 valence electrons. The van der Waals surface area contributed by atoms with Crippen LogP contribution in [-0.4, -0.2) is 35.1 Å². The third kappa shape index (κ3) is 3.75. The Morgan fingerprint density at radius 2 is 2.18 bits per heavy atom. The standard InChI is InChI=1S/C15H20N4O3/c1-9(2)7-11(14(20)16-3)17-15(21)12-8-10(18-19-12)13-5-4-6-22-13/h4-6,8-9,11H,7H2,1-3H3,(H,16,20)(H,17,21)(H,18,19). The van der Waals surface area contributed by atoms with Gasteiger partial charge in [0.2, 0.25) is 5.91 Å². The number of hydrogen-bond acceptors (Lipinski definition) is 4. The lowest BCUT2D eigenvalue weighted by Gasteiger charge is -2.18. The molecule has 3 N–H and O–H groups in total. The molecule has 2 rings (SSSR count).